The number of benzene rings is 1. The second kappa shape index (κ2) is 6.54. The van der Waals surface area contributed by atoms with Gasteiger partial charge >= 0.3 is 0 Å². The number of aromatic amines is 1. The first-order valence-corrected chi connectivity index (χ1v) is 7.27. The summed E-state index contributed by atoms with van der Waals surface area (Å²) in [6.45, 7) is 2.03. The smallest absolute Gasteiger partial charge is 0.254 e. The van der Waals surface area contributed by atoms with Crippen molar-refractivity contribution in [2.45, 2.75) is 18.8 Å². The van der Waals surface area contributed by atoms with Crippen molar-refractivity contribution in [2.24, 2.45) is 0 Å². The molecule has 0 bridgehead atoms. The molecule has 2 aromatic rings. The van der Waals surface area contributed by atoms with E-state index in [2.05, 4.69) is 27.6 Å². The highest BCUT2D eigenvalue weighted by Crippen LogP contribution is 2.25. The van der Waals surface area contributed by atoms with Crippen LogP contribution in [0.3, 0.4) is 0 Å². The van der Waals surface area contributed by atoms with Crippen LogP contribution in [0.2, 0.25) is 0 Å². The van der Waals surface area contributed by atoms with Crippen molar-refractivity contribution in [1.29, 1.82) is 0 Å². The molecule has 1 saturated heterocycles. The zero-order valence-electron chi connectivity index (χ0n) is 11.8. The maximum absolute atomic E-state index is 12.3. The zero-order chi connectivity index (χ0) is 14.5. The number of H-pyrrole nitrogens is 1. The lowest BCUT2D eigenvalue weighted by molar-refractivity contribution is 0.0952. The summed E-state index contributed by atoms with van der Waals surface area (Å²) < 4.78 is 5.38. The highest BCUT2D eigenvalue weighted by Gasteiger charge is 2.24. The summed E-state index contributed by atoms with van der Waals surface area (Å²) in [6.07, 6.45) is 3.37. The third-order valence-corrected chi connectivity index (χ3v) is 3.79. The molecule has 0 saturated carbocycles. The number of aromatic nitrogens is 2. The number of carbonyl (C=O) groups is 1. The molecule has 1 aliphatic rings. The number of rotatable bonds is 5. The molecule has 1 aromatic carbocycles. The Morgan fingerprint density at radius 2 is 2.24 bits per heavy atom. The van der Waals surface area contributed by atoms with Crippen molar-refractivity contribution in [3.63, 3.8) is 0 Å². The fraction of sp³-hybridized carbons (Fsp3) is 0.375. The van der Waals surface area contributed by atoms with E-state index in [0.29, 0.717) is 18.7 Å². The highest BCUT2D eigenvalue weighted by atomic mass is 16.5. The molecule has 21 heavy (non-hydrogen) atoms. The third kappa shape index (κ3) is 3.31. The van der Waals surface area contributed by atoms with E-state index >= 15 is 0 Å². The van der Waals surface area contributed by atoms with Crippen LogP contribution >= 0.6 is 0 Å². The van der Waals surface area contributed by atoms with Crippen molar-refractivity contribution in [3.05, 3.63) is 53.3 Å². The van der Waals surface area contributed by atoms with Crippen LogP contribution in [0.25, 0.3) is 0 Å². The van der Waals surface area contributed by atoms with Crippen molar-refractivity contribution in [2.75, 3.05) is 19.8 Å². The predicted molar refractivity (Wildman–Crippen MR) is 79.2 cm³/mol. The molecule has 2 N–H and O–H groups in total. The molecule has 1 atom stereocenters. The molecule has 0 aliphatic carbocycles. The molecule has 3 rings (SSSR count). The Bertz CT molecular complexity index is 589. The lowest BCUT2D eigenvalue weighted by Crippen LogP contribution is -2.26. The van der Waals surface area contributed by atoms with Crippen LogP contribution in [0.4, 0.5) is 0 Å². The summed E-state index contributed by atoms with van der Waals surface area (Å²) >= 11 is 0. The Balaban J connectivity index is 1.57. The SMILES string of the molecule is O=C(NCCc1ccccc1)c1cn[nH]c1[C@H]1CCOC1. The maximum Gasteiger partial charge on any atom is 0.254 e. The van der Waals surface area contributed by atoms with Gasteiger partial charge in [0.05, 0.1) is 24.1 Å². The predicted octanol–water partition coefficient (Wildman–Crippen LogP) is 1.89. The molecule has 1 fully saturated rings. The number of nitrogens with one attached hydrogen (secondary N) is 2. The van der Waals surface area contributed by atoms with E-state index in [4.69, 9.17) is 4.74 Å². The fourth-order valence-electron chi connectivity index (χ4n) is 2.61. The maximum atomic E-state index is 12.3. The number of hydrogen-bond acceptors (Lipinski definition) is 3. The van der Waals surface area contributed by atoms with Gasteiger partial charge in [0, 0.05) is 19.1 Å². The fourth-order valence-corrected chi connectivity index (χ4v) is 2.61. The molecule has 5 heteroatoms. The average molecular weight is 285 g/mol. The van der Waals surface area contributed by atoms with Crippen LogP contribution in [0.1, 0.15) is 34.0 Å². The zero-order valence-corrected chi connectivity index (χ0v) is 11.8. The minimum atomic E-state index is -0.0680. The Labute approximate surface area is 123 Å². The van der Waals surface area contributed by atoms with Crippen molar-refractivity contribution in [1.82, 2.24) is 15.5 Å². The first-order valence-electron chi connectivity index (χ1n) is 7.27. The molecule has 0 radical (unpaired) electrons. The molecule has 5 nitrogen and oxygen atoms in total. The normalized spacial score (nSPS) is 17.8. The number of ether oxygens (including phenoxy) is 1. The monoisotopic (exact) mass is 285 g/mol. The van der Waals surface area contributed by atoms with Crippen LogP contribution < -0.4 is 5.32 Å². The first-order chi connectivity index (χ1) is 10.3. The summed E-state index contributed by atoms with van der Waals surface area (Å²) in [5.41, 5.74) is 2.75. The van der Waals surface area contributed by atoms with Gasteiger partial charge in [-0.25, -0.2) is 0 Å². The van der Waals surface area contributed by atoms with E-state index < -0.39 is 0 Å². The molecule has 110 valence electrons. The van der Waals surface area contributed by atoms with Gasteiger partial charge < -0.3 is 10.1 Å². The second-order valence-corrected chi connectivity index (χ2v) is 5.25. The van der Waals surface area contributed by atoms with Crippen LogP contribution in [0, 0.1) is 0 Å². The van der Waals surface area contributed by atoms with Gasteiger partial charge in [-0.05, 0) is 18.4 Å². The lowest BCUT2D eigenvalue weighted by atomic mass is 10.0. The van der Waals surface area contributed by atoms with Crippen LogP contribution in [-0.2, 0) is 11.2 Å². The highest BCUT2D eigenvalue weighted by molar-refractivity contribution is 5.95. The molecular formula is C16H19N3O2. The van der Waals surface area contributed by atoms with Crippen LogP contribution in [0.5, 0.6) is 0 Å². The van der Waals surface area contributed by atoms with E-state index in [9.17, 15) is 4.79 Å². The molecule has 0 spiro atoms. The Hall–Kier alpha value is -2.14. The van der Waals surface area contributed by atoms with E-state index in [1.165, 1.54) is 5.56 Å². The number of carbonyl (C=O) groups excluding carboxylic acids is 1. The van der Waals surface area contributed by atoms with Crippen LogP contribution in [-0.4, -0.2) is 35.9 Å². The number of nitrogens with zero attached hydrogens (tertiary/aromatic N) is 1. The topological polar surface area (TPSA) is 67.0 Å². The van der Waals surface area contributed by atoms with E-state index in [0.717, 1.165) is 25.1 Å². The third-order valence-electron chi connectivity index (χ3n) is 3.79. The van der Waals surface area contributed by atoms with Crippen molar-refractivity contribution >= 4 is 5.91 Å². The summed E-state index contributed by atoms with van der Waals surface area (Å²) in [7, 11) is 0. The average Bonchev–Trinajstić information content (AvgIpc) is 3.19. The summed E-state index contributed by atoms with van der Waals surface area (Å²) in [5.74, 6) is 0.184. The summed E-state index contributed by atoms with van der Waals surface area (Å²) in [5, 5.41) is 9.92. The van der Waals surface area contributed by atoms with Gasteiger partial charge in [-0.1, -0.05) is 30.3 Å². The number of hydrogen-bond donors (Lipinski definition) is 2. The molecule has 2 heterocycles. The van der Waals surface area contributed by atoms with Crippen LogP contribution in [0.15, 0.2) is 36.5 Å². The quantitative estimate of drug-likeness (QED) is 0.881. The molecule has 1 amide bonds. The lowest BCUT2D eigenvalue weighted by Gasteiger charge is -2.09. The summed E-state index contributed by atoms with van der Waals surface area (Å²) in [4.78, 5) is 12.3. The molecular weight excluding hydrogens is 266 g/mol. The van der Waals surface area contributed by atoms with Gasteiger partial charge in [0.2, 0.25) is 0 Å². The van der Waals surface area contributed by atoms with Gasteiger partial charge in [0.25, 0.3) is 5.91 Å². The second-order valence-electron chi connectivity index (χ2n) is 5.25. The molecule has 0 unspecified atom stereocenters. The van der Waals surface area contributed by atoms with Gasteiger partial charge in [0.1, 0.15) is 0 Å². The van der Waals surface area contributed by atoms with Gasteiger partial charge in [0.15, 0.2) is 0 Å². The standard InChI is InChI=1S/C16H19N3O2/c20-16(17-8-6-12-4-2-1-3-5-12)14-10-18-19-15(14)13-7-9-21-11-13/h1-5,10,13H,6-9,11H2,(H,17,20)(H,18,19)/t13-/m0/s1. The van der Waals surface area contributed by atoms with Crippen molar-refractivity contribution < 1.29 is 9.53 Å². The molecule has 1 aliphatic heterocycles. The van der Waals surface area contributed by atoms with Gasteiger partial charge in [-0.15, -0.1) is 0 Å². The molecule has 1 aromatic heterocycles. The Kier molecular flexibility index (Phi) is 4.31. The number of amides is 1. The first kappa shape index (κ1) is 13.8. The largest absolute Gasteiger partial charge is 0.381 e. The minimum absolute atomic E-state index is 0.0680. The van der Waals surface area contributed by atoms with Gasteiger partial charge in [-0.2, -0.15) is 5.10 Å². The Morgan fingerprint density at radius 1 is 1.38 bits per heavy atom. The van der Waals surface area contributed by atoms with E-state index in [1.54, 1.807) is 6.20 Å². The van der Waals surface area contributed by atoms with E-state index in [-0.39, 0.29) is 11.8 Å². The Morgan fingerprint density at radius 3 is 3.00 bits per heavy atom. The van der Waals surface area contributed by atoms with Crippen molar-refractivity contribution in [3.8, 4) is 0 Å². The minimum Gasteiger partial charge on any atom is -0.381 e. The van der Waals surface area contributed by atoms with E-state index in [1.807, 2.05) is 18.2 Å². The van der Waals surface area contributed by atoms with Gasteiger partial charge in [-0.3, -0.25) is 9.89 Å². The summed E-state index contributed by atoms with van der Waals surface area (Å²) in [6, 6.07) is 10.1.